The summed E-state index contributed by atoms with van der Waals surface area (Å²) in [5.41, 5.74) is 0. The average molecular weight is 230 g/mol. The van der Waals surface area contributed by atoms with Crippen molar-refractivity contribution in [1.29, 1.82) is 0 Å². The number of carbonyl (C=O) groups is 2. The molecule has 2 atom stereocenters. The predicted molar refractivity (Wildman–Crippen MR) is 57.3 cm³/mol. The first-order valence-electron chi connectivity index (χ1n) is 5.50. The Morgan fingerprint density at radius 2 is 1.31 bits per heavy atom. The van der Waals surface area contributed by atoms with Gasteiger partial charge in [-0.3, -0.25) is 9.59 Å². The Bertz CT molecular complexity index is 231. The van der Waals surface area contributed by atoms with Crippen molar-refractivity contribution in [3.05, 3.63) is 0 Å². The third-order valence-electron chi connectivity index (χ3n) is 2.80. The van der Waals surface area contributed by atoms with Crippen LogP contribution in [0, 0.1) is 0 Å². The van der Waals surface area contributed by atoms with E-state index in [0.29, 0.717) is 0 Å². The highest BCUT2D eigenvalue weighted by atomic mass is 16.4. The van der Waals surface area contributed by atoms with Gasteiger partial charge in [-0.2, -0.15) is 0 Å². The van der Waals surface area contributed by atoms with Gasteiger partial charge in [0, 0.05) is 12.1 Å². The van der Waals surface area contributed by atoms with Crippen LogP contribution >= 0.6 is 0 Å². The molecule has 0 spiro atoms. The summed E-state index contributed by atoms with van der Waals surface area (Å²) in [6, 6.07) is 0.119. The first kappa shape index (κ1) is 12.9. The van der Waals surface area contributed by atoms with Crippen LogP contribution < -0.4 is 10.6 Å². The van der Waals surface area contributed by atoms with Crippen molar-refractivity contribution < 1.29 is 19.8 Å². The van der Waals surface area contributed by atoms with E-state index >= 15 is 0 Å². The van der Waals surface area contributed by atoms with Gasteiger partial charge in [0.2, 0.25) is 0 Å². The van der Waals surface area contributed by atoms with Crippen LogP contribution in [-0.2, 0) is 9.59 Å². The van der Waals surface area contributed by atoms with Crippen LogP contribution in [0.15, 0.2) is 0 Å². The van der Waals surface area contributed by atoms with E-state index in [1.165, 1.54) is 0 Å². The summed E-state index contributed by atoms with van der Waals surface area (Å²) in [4.78, 5) is 20.9. The van der Waals surface area contributed by atoms with Gasteiger partial charge in [-0.15, -0.1) is 0 Å². The lowest BCUT2D eigenvalue weighted by atomic mass is 9.90. The molecule has 0 amide bonds. The summed E-state index contributed by atoms with van der Waals surface area (Å²) >= 11 is 0. The maximum atomic E-state index is 10.4. The van der Waals surface area contributed by atoms with E-state index in [2.05, 4.69) is 10.6 Å². The van der Waals surface area contributed by atoms with E-state index < -0.39 is 11.9 Å². The second-order valence-electron chi connectivity index (χ2n) is 4.05. The second-order valence-corrected chi connectivity index (χ2v) is 4.05. The zero-order valence-electron chi connectivity index (χ0n) is 9.11. The van der Waals surface area contributed by atoms with Crippen molar-refractivity contribution in [2.24, 2.45) is 0 Å². The molecule has 4 N–H and O–H groups in total. The monoisotopic (exact) mass is 230 g/mol. The third-order valence-corrected chi connectivity index (χ3v) is 2.80. The Labute approximate surface area is 94.0 Å². The maximum absolute atomic E-state index is 10.4. The summed E-state index contributed by atoms with van der Waals surface area (Å²) in [6.07, 6.45) is 3.90. The molecule has 0 heterocycles. The molecular weight excluding hydrogens is 212 g/mol. The molecule has 6 heteroatoms. The van der Waals surface area contributed by atoms with E-state index in [-0.39, 0.29) is 25.2 Å². The summed E-state index contributed by atoms with van der Waals surface area (Å²) in [7, 11) is 0. The zero-order valence-corrected chi connectivity index (χ0v) is 9.11. The highest BCUT2D eigenvalue weighted by molar-refractivity contribution is 5.69. The van der Waals surface area contributed by atoms with Crippen LogP contribution in [0.2, 0.25) is 0 Å². The maximum Gasteiger partial charge on any atom is 0.317 e. The molecule has 0 aliphatic heterocycles. The van der Waals surface area contributed by atoms with Gasteiger partial charge < -0.3 is 20.8 Å². The Hall–Kier alpha value is -1.14. The summed E-state index contributed by atoms with van der Waals surface area (Å²) in [5.74, 6) is -1.77. The molecule has 1 rings (SSSR count). The van der Waals surface area contributed by atoms with Crippen LogP contribution in [0.4, 0.5) is 0 Å². The van der Waals surface area contributed by atoms with E-state index in [0.717, 1.165) is 25.7 Å². The number of hydrogen-bond donors (Lipinski definition) is 4. The zero-order chi connectivity index (χ0) is 12.0. The van der Waals surface area contributed by atoms with Gasteiger partial charge >= 0.3 is 11.9 Å². The van der Waals surface area contributed by atoms with Crippen molar-refractivity contribution in [1.82, 2.24) is 10.6 Å². The van der Waals surface area contributed by atoms with Gasteiger partial charge in [0.15, 0.2) is 0 Å². The lowest BCUT2D eigenvalue weighted by molar-refractivity contribution is -0.137. The first-order chi connectivity index (χ1) is 7.59. The number of rotatable bonds is 6. The Balaban J connectivity index is 2.37. The van der Waals surface area contributed by atoms with Crippen LogP contribution in [-0.4, -0.2) is 47.3 Å². The number of nitrogens with one attached hydrogen (secondary N) is 2. The molecule has 6 nitrogen and oxygen atoms in total. The number of carboxylic acid groups (broad SMARTS) is 2. The minimum atomic E-state index is -0.887. The largest absolute Gasteiger partial charge is 0.480 e. The highest BCUT2D eigenvalue weighted by Gasteiger charge is 2.25. The molecule has 0 unspecified atom stereocenters. The smallest absolute Gasteiger partial charge is 0.317 e. The topological polar surface area (TPSA) is 98.7 Å². The van der Waals surface area contributed by atoms with Crippen molar-refractivity contribution in [2.45, 2.75) is 37.8 Å². The van der Waals surface area contributed by atoms with Crippen LogP contribution in [0.1, 0.15) is 25.7 Å². The van der Waals surface area contributed by atoms with Gasteiger partial charge in [-0.25, -0.2) is 0 Å². The molecule has 0 bridgehead atoms. The Morgan fingerprint density at radius 3 is 1.62 bits per heavy atom. The lowest BCUT2D eigenvalue weighted by Gasteiger charge is -2.32. The SMILES string of the molecule is O=C(O)CN[C@@H]1CCCC[C@H]1NCC(=O)O. The fourth-order valence-corrected chi connectivity index (χ4v) is 2.06. The van der Waals surface area contributed by atoms with Crippen molar-refractivity contribution in [3.63, 3.8) is 0 Å². The molecule has 0 radical (unpaired) electrons. The van der Waals surface area contributed by atoms with Crippen LogP contribution in [0.5, 0.6) is 0 Å². The fourth-order valence-electron chi connectivity index (χ4n) is 2.06. The van der Waals surface area contributed by atoms with E-state index in [1.807, 2.05) is 0 Å². The average Bonchev–Trinajstić information content (AvgIpc) is 2.24. The molecule has 1 saturated carbocycles. The van der Waals surface area contributed by atoms with Gasteiger partial charge in [-0.05, 0) is 12.8 Å². The van der Waals surface area contributed by atoms with Gasteiger partial charge in [0.05, 0.1) is 13.1 Å². The Morgan fingerprint density at radius 1 is 0.938 bits per heavy atom. The van der Waals surface area contributed by atoms with Gasteiger partial charge in [0.1, 0.15) is 0 Å². The fraction of sp³-hybridized carbons (Fsp3) is 0.800. The van der Waals surface area contributed by atoms with E-state index in [9.17, 15) is 9.59 Å². The van der Waals surface area contributed by atoms with Crippen LogP contribution in [0.25, 0.3) is 0 Å². The van der Waals surface area contributed by atoms with E-state index in [4.69, 9.17) is 10.2 Å². The molecule has 16 heavy (non-hydrogen) atoms. The molecule has 0 aromatic carbocycles. The first-order valence-corrected chi connectivity index (χ1v) is 5.50. The standard InChI is InChI=1S/C10H18N2O4/c13-9(14)5-11-7-3-1-2-4-8(7)12-6-10(15)16/h7-8,11-12H,1-6H2,(H,13,14)(H,15,16)/t7-,8-/m1/s1. The highest BCUT2D eigenvalue weighted by Crippen LogP contribution is 2.18. The van der Waals surface area contributed by atoms with Crippen LogP contribution in [0.3, 0.4) is 0 Å². The van der Waals surface area contributed by atoms with E-state index in [1.54, 1.807) is 0 Å². The molecule has 0 aromatic rings. The molecule has 0 aromatic heterocycles. The van der Waals surface area contributed by atoms with Crippen molar-refractivity contribution >= 4 is 11.9 Å². The molecule has 1 aliphatic carbocycles. The van der Waals surface area contributed by atoms with Crippen molar-refractivity contribution in [2.75, 3.05) is 13.1 Å². The number of hydrogen-bond acceptors (Lipinski definition) is 4. The molecule has 1 fully saturated rings. The Kier molecular flexibility index (Phi) is 5.21. The normalized spacial score (nSPS) is 25.2. The molecule has 0 saturated heterocycles. The summed E-state index contributed by atoms with van der Waals surface area (Å²) < 4.78 is 0. The quantitative estimate of drug-likeness (QED) is 0.497. The summed E-state index contributed by atoms with van der Waals surface area (Å²) in [5, 5.41) is 23.0. The molecular formula is C10H18N2O4. The molecule has 1 aliphatic rings. The summed E-state index contributed by atoms with van der Waals surface area (Å²) in [6.45, 7) is -0.147. The number of aliphatic carboxylic acids is 2. The third kappa shape index (κ3) is 4.59. The second kappa shape index (κ2) is 6.44. The predicted octanol–water partition coefficient (Wildman–Crippen LogP) is -0.354. The minimum absolute atomic E-state index is 0.0594. The van der Waals surface area contributed by atoms with Gasteiger partial charge in [-0.1, -0.05) is 12.8 Å². The van der Waals surface area contributed by atoms with Gasteiger partial charge in [0.25, 0.3) is 0 Å². The minimum Gasteiger partial charge on any atom is -0.480 e. The molecule has 92 valence electrons. The van der Waals surface area contributed by atoms with Crippen molar-refractivity contribution in [3.8, 4) is 0 Å². The number of carboxylic acids is 2. The lowest BCUT2D eigenvalue weighted by Crippen LogP contribution is -2.52.